The van der Waals surface area contributed by atoms with Crippen molar-refractivity contribution in [2.24, 2.45) is 0 Å². The van der Waals surface area contributed by atoms with Crippen LogP contribution in [0.4, 0.5) is 9.52 Å². The largest absolute Gasteiger partial charge is 0.494 e. The normalized spacial score (nSPS) is 10.5. The summed E-state index contributed by atoms with van der Waals surface area (Å²) in [6.45, 7) is 1.91. The summed E-state index contributed by atoms with van der Waals surface area (Å²) in [7, 11) is 0. The molecule has 1 aromatic heterocycles. The van der Waals surface area contributed by atoms with Crippen LogP contribution in [0.15, 0.2) is 53.9 Å². The molecule has 144 valence electrons. The zero-order valence-electron chi connectivity index (χ0n) is 15.3. The van der Waals surface area contributed by atoms with Gasteiger partial charge >= 0.3 is 0 Å². The third kappa shape index (κ3) is 5.47. The van der Waals surface area contributed by atoms with E-state index in [9.17, 15) is 14.0 Å². The van der Waals surface area contributed by atoms with E-state index in [2.05, 4.69) is 10.3 Å². The molecule has 2 aromatic carbocycles. The van der Waals surface area contributed by atoms with Crippen molar-refractivity contribution in [1.82, 2.24) is 4.98 Å². The second kappa shape index (κ2) is 9.23. The first-order valence-corrected chi connectivity index (χ1v) is 9.64. The summed E-state index contributed by atoms with van der Waals surface area (Å²) < 4.78 is 18.6. The number of nitrogens with zero attached hydrogens (tertiary/aromatic N) is 1. The highest BCUT2D eigenvalue weighted by Crippen LogP contribution is 2.25. The van der Waals surface area contributed by atoms with Gasteiger partial charge in [0.15, 0.2) is 10.9 Å². The van der Waals surface area contributed by atoms with Gasteiger partial charge in [-0.05, 0) is 61.9 Å². The Morgan fingerprint density at radius 2 is 1.82 bits per heavy atom. The van der Waals surface area contributed by atoms with Crippen molar-refractivity contribution in [3.63, 3.8) is 0 Å². The minimum atomic E-state index is -0.301. The van der Waals surface area contributed by atoms with Crippen molar-refractivity contribution in [3.8, 4) is 17.0 Å². The van der Waals surface area contributed by atoms with E-state index >= 15 is 0 Å². The molecule has 0 radical (unpaired) electrons. The molecule has 0 saturated carbocycles. The van der Waals surface area contributed by atoms with Gasteiger partial charge in [0.1, 0.15) is 11.6 Å². The number of ether oxygens (including phenoxy) is 1. The monoisotopic (exact) mass is 398 g/mol. The number of nitrogens with one attached hydrogen (secondary N) is 1. The molecule has 0 aliphatic rings. The van der Waals surface area contributed by atoms with Crippen LogP contribution in [0.25, 0.3) is 11.3 Å². The molecule has 0 bridgehead atoms. The summed E-state index contributed by atoms with van der Waals surface area (Å²) in [6, 6.07) is 13.0. The van der Waals surface area contributed by atoms with Gasteiger partial charge in [0.2, 0.25) is 5.91 Å². The average Bonchev–Trinajstić information content (AvgIpc) is 3.14. The van der Waals surface area contributed by atoms with Crippen LogP contribution in [-0.4, -0.2) is 23.3 Å². The van der Waals surface area contributed by atoms with Gasteiger partial charge in [-0.15, -0.1) is 11.3 Å². The number of amides is 1. The summed E-state index contributed by atoms with van der Waals surface area (Å²) in [5.41, 5.74) is 2.12. The molecule has 1 N–H and O–H groups in total. The molecular formula is C21H19FN2O3S. The molecule has 1 heterocycles. The quantitative estimate of drug-likeness (QED) is 0.431. The lowest BCUT2D eigenvalue weighted by Gasteiger charge is -2.06. The topological polar surface area (TPSA) is 68.3 Å². The van der Waals surface area contributed by atoms with Gasteiger partial charge < -0.3 is 10.1 Å². The predicted molar refractivity (Wildman–Crippen MR) is 107 cm³/mol. The first-order valence-electron chi connectivity index (χ1n) is 8.76. The van der Waals surface area contributed by atoms with Crippen molar-refractivity contribution >= 4 is 28.2 Å². The molecule has 0 spiro atoms. The number of ketones is 1. The van der Waals surface area contributed by atoms with E-state index in [1.807, 2.05) is 5.38 Å². The molecule has 5 nitrogen and oxygen atoms in total. The molecule has 0 aliphatic carbocycles. The van der Waals surface area contributed by atoms with Crippen LogP contribution < -0.4 is 10.1 Å². The molecule has 1 amide bonds. The maximum atomic E-state index is 13.0. The van der Waals surface area contributed by atoms with E-state index in [1.54, 1.807) is 36.4 Å². The summed E-state index contributed by atoms with van der Waals surface area (Å²) >= 11 is 1.32. The third-order valence-electron chi connectivity index (χ3n) is 3.97. The van der Waals surface area contributed by atoms with Gasteiger partial charge in [-0.3, -0.25) is 9.59 Å². The SMILES string of the molecule is CC(=O)c1ccc(OCCCC(=O)Nc2nc(-c3ccc(F)cc3)cs2)cc1. The van der Waals surface area contributed by atoms with Crippen molar-refractivity contribution in [2.45, 2.75) is 19.8 Å². The summed E-state index contributed by atoms with van der Waals surface area (Å²) in [5.74, 6) is 0.224. The smallest absolute Gasteiger partial charge is 0.226 e. The number of anilines is 1. The predicted octanol–water partition coefficient (Wildman–Crippen LogP) is 4.95. The number of benzene rings is 2. The Balaban J connectivity index is 1.42. The zero-order valence-corrected chi connectivity index (χ0v) is 16.1. The number of thiazole rings is 1. The van der Waals surface area contributed by atoms with Crippen LogP contribution in [-0.2, 0) is 4.79 Å². The number of rotatable bonds is 8. The van der Waals surface area contributed by atoms with E-state index < -0.39 is 0 Å². The highest BCUT2D eigenvalue weighted by atomic mass is 32.1. The summed E-state index contributed by atoms with van der Waals surface area (Å²) in [4.78, 5) is 27.6. The second-order valence-corrected chi connectivity index (χ2v) is 6.98. The number of carbonyl (C=O) groups excluding carboxylic acids is 2. The fourth-order valence-corrected chi connectivity index (χ4v) is 3.21. The summed E-state index contributed by atoms with van der Waals surface area (Å²) in [6.07, 6.45) is 0.855. The second-order valence-electron chi connectivity index (χ2n) is 6.13. The van der Waals surface area contributed by atoms with Crippen LogP contribution in [0.1, 0.15) is 30.1 Å². The van der Waals surface area contributed by atoms with Crippen molar-refractivity contribution in [2.75, 3.05) is 11.9 Å². The number of hydrogen-bond acceptors (Lipinski definition) is 5. The average molecular weight is 398 g/mol. The van der Waals surface area contributed by atoms with E-state index in [-0.39, 0.29) is 17.5 Å². The van der Waals surface area contributed by atoms with E-state index in [4.69, 9.17) is 4.74 Å². The molecule has 7 heteroatoms. The van der Waals surface area contributed by atoms with Gasteiger partial charge in [-0.2, -0.15) is 0 Å². The van der Waals surface area contributed by atoms with Gasteiger partial charge in [0, 0.05) is 22.9 Å². The molecule has 0 unspecified atom stereocenters. The lowest BCUT2D eigenvalue weighted by Crippen LogP contribution is -2.12. The third-order valence-corrected chi connectivity index (χ3v) is 4.73. The fourth-order valence-electron chi connectivity index (χ4n) is 2.47. The molecule has 0 atom stereocenters. The Labute approximate surface area is 166 Å². The van der Waals surface area contributed by atoms with Crippen LogP contribution in [0.3, 0.4) is 0 Å². The lowest BCUT2D eigenvalue weighted by molar-refractivity contribution is -0.116. The molecule has 0 fully saturated rings. The van der Waals surface area contributed by atoms with Crippen molar-refractivity contribution in [1.29, 1.82) is 0 Å². The van der Waals surface area contributed by atoms with Gasteiger partial charge in [0.05, 0.1) is 12.3 Å². The maximum Gasteiger partial charge on any atom is 0.226 e. The number of halogens is 1. The Bertz CT molecular complexity index is 953. The van der Waals surface area contributed by atoms with E-state index in [0.29, 0.717) is 41.6 Å². The summed E-state index contributed by atoms with van der Waals surface area (Å²) in [5, 5.41) is 5.08. The number of aromatic nitrogens is 1. The first kappa shape index (κ1) is 19.7. The zero-order chi connectivity index (χ0) is 19.9. The van der Waals surface area contributed by atoms with E-state index in [0.717, 1.165) is 5.56 Å². The Kier molecular flexibility index (Phi) is 6.49. The Morgan fingerprint density at radius 1 is 1.11 bits per heavy atom. The number of hydrogen-bond donors (Lipinski definition) is 1. The molecule has 28 heavy (non-hydrogen) atoms. The first-order chi connectivity index (χ1) is 13.5. The molecule has 0 saturated heterocycles. The molecular weight excluding hydrogens is 379 g/mol. The van der Waals surface area contributed by atoms with Gasteiger partial charge in [-0.25, -0.2) is 9.37 Å². The fraction of sp³-hybridized carbons (Fsp3) is 0.190. The van der Waals surface area contributed by atoms with E-state index in [1.165, 1.54) is 30.4 Å². The van der Waals surface area contributed by atoms with Crippen LogP contribution in [0.5, 0.6) is 5.75 Å². The molecule has 3 rings (SSSR count). The Hall–Kier alpha value is -3.06. The number of Topliss-reactive ketones (excluding diaryl/α,β-unsaturated/α-hetero) is 1. The standard InChI is InChI=1S/C21H19FN2O3S/c1-14(25)15-6-10-18(11-7-15)27-12-2-3-20(26)24-21-23-19(13-28-21)16-4-8-17(22)9-5-16/h4-11,13H,2-3,12H2,1H3,(H,23,24,26). The highest BCUT2D eigenvalue weighted by molar-refractivity contribution is 7.14. The molecule has 3 aromatic rings. The maximum absolute atomic E-state index is 13.0. The van der Waals surface area contributed by atoms with Crippen molar-refractivity contribution < 1.29 is 18.7 Å². The van der Waals surface area contributed by atoms with Crippen LogP contribution in [0, 0.1) is 5.82 Å². The van der Waals surface area contributed by atoms with Crippen LogP contribution >= 0.6 is 11.3 Å². The van der Waals surface area contributed by atoms with Crippen molar-refractivity contribution in [3.05, 3.63) is 65.3 Å². The van der Waals surface area contributed by atoms with Gasteiger partial charge in [0.25, 0.3) is 0 Å². The minimum absolute atomic E-state index is 0.00740. The minimum Gasteiger partial charge on any atom is -0.494 e. The Morgan fingerprint density at radius 3 is 2.50 bits per heavy atom. The van der Waals surface area contributed by atoms with Gasteiger partial charge in [-0.1, -0.05) is 0 Å². The van der Waals surface area contributed by atoms with Crippen LogP contribution in [0.2, 0.25) is 0 Å². The molecule has 0 aliphatic heterocycles. The highest BCUT2D eigenvalue weighted by Gasteiger charge is 2.08. The lowest BCUT2D eigenvalue weighted by atomic mass is 10.1. The number of carbonyl (C=O) groups is 2.